The van der Waals surface area contributed by atoms with E-state index >= 15 is 0 Å². The number of carbonyl (C=O) groups excluding carboxylic acids is 2. The molecule has 106 valence electrons. The molecule has 0 bridgehead atoms. The van der Waals surface area contributed by atoms with Crippen molar-refractivity contribution in [1.29, 1.82) is 0 Å². The highest BCUT2D eigenvalue weighted by molar-refractivity contribution is 6.30. The highest BCUT2D eigenvalue weighted by Gasteiger charge is 2.30. The van der Waals surface area contributed by atoms with E-state index in [2.05, 4.69) is 0 Å². The first-order valence-corrected chi connectivity index (χ1v) is 6.89. The van der Waals surface area contributed by atoms with Crippen LogP contribution in [-0.4, -0.2) is 25.4 Å². The van der Waals surface area contributed by atoms with Crippen LogP contribution < -0.4 is 9.80 Å². The van der Waals surface area contributed by atoms with Gasteiger partial charge in [0, 0.05) is 17.8 Å². The van der Waals surface area contributed by atoms with Gasteiger partial charge in [-0.05, 0) is 36.4 Å². The Bertz CT molecular complexity index is 712. The van der Waals surface area contributed by atoms with Crippen LogP contribution in [0.4, 0.5) is 11.4 Å². The Morgan fingerprint density at radius 1 is 1.00 bits per heavy atom. The predicted molar refractivity (Wildman–Crippen MR) is 83.0 cm³/mol. The van der Waals surface area contributed by atoms with E-state index in [0.29, 0.717) is 22.0 Å². The Labute approximate surface area is 127 Å². The van der Waals surface area contributed by atoms with Crippen LogP contribution in [0.15, 0.2) is 48.5 Å². The lowest BCUT2D eigenvalue weighted by Gasteiger charge is -2.20. The summed E-state index contributed by atoms with van der Waals surface area (Å²) < 4.78 is 0. The molecule has 4 nitrogen and oxygen atoms in total. The molecule has 0 unspecified atom stereocenters. The zero-order valence-corrected chi connectivity index (χ0v) is 12.2. The second-order valence-electron chi connectivity index (χ2n) is 4.84. The molecule has 1 aliphatic rings. The summed E-state index contributed by atoms with van der Waals surface area (Å²) in [6, 6.07) is 14.0. The number of rotatable bonds is 1. The van der Waals surface area contributed by atoms with E-state index in [9.17, 15) is 9.59 Å². The topological polar surface area (TPSA) is 40.6 Å². The van der Waals surface area contributed by atoms with Crippen molar-refractivity contribution < 1.29 is 9.59 Å². The molecule has 1 aliphatic heterocycles. The lowest BCUT2D eigenvalue weighted by Crippen LogP contribution is -2.37. The van der Waals surface area contributed by atoms with Gasteiger partial charge in [0.05, 0.1) is 11.3 Å². The van der Waals surface area contributed by atoms with Crippen molar-refractivity contribution >= 4 is 34.8 Å². The van der Waals surface area contributed by atoms with Crippen LogP contribution in [-0.2, 0) is 4.79 Å². The molecular weight excluding hydrogens is 288 g/mol. The number of para-hydroxylation sites is 1. The number of carbonyl (C=O) groups is 2. The second kappa shape index (κ2) is 5.22. The van der Waals surface area contributed by atoms with E-state index in [4.69, 9.17) is 11.6 Å². The molecule has 0 atom stereocenters. The summed E-state index contributed by atoms with van der Waals surface area (Å²) in [6.45, 7) is 0.00560. The molecule has 0 radical (unpaired) electrons. The average Bonchev–Trinajstić information content (AvgIpc) is 2.60. The minimum atomic E-state index is -0.189. The number of anilines is 2. The fraction of sp³-hybridized carbons (Fsp3) is 0.125. The summed E-state index contributed by atoms with van der Waals surface area (Å²) in [6.07, 6.45) is 0. The van der Waals surface area contributed by atoms with E-state index in [1.165, 1.54) is 9.80 Å². The first-order chi connectivity index (χ1) is 10.1. The average molecular weight is 301 g/mol. The van der Waals surface area contributed by atoms with Crippen LogP contribution in [0.1, 0.15) is 10.4 Å². The number of fused-ring (bicyclic) bond motifs is 1. The maximum atomic E-state index is 12.7. The van der Waals surface area contributed by atoms with Crippen molar-refractivity contribution in [3.8, 4) is 0 Å². The molecule has 5 heteroatoms. The van der Waals surface area contributed by atoms with Gasteiger partial charge in [0.15, 0.2) is 0 Å². The van der Waals surface area contributed by atoms with Crippen molar-refractivity contribution in [2.45, 2.75) is 0 Å². The summed E-state index contributed by atoms with van der Waals surface area (Å²) in [5, 5.41) is 0.588. The molecular formula is C16H13ClN2O2. The Morgan fingerprint density at radius 2 is 1.67 bits per heavy atom. The third-order valence-electron chi connectivity index (χ3n) is 3.55. The predicted octanol–water partition coefficient (Wildman–Crippen LogP) is 2.96. The van der Waals surface area contributed by atoms with Gasteiger partial charge in [0.25, 0.3) is 5.91 Å². The van der Waals surface area contributed by atoms with E-state index in [-0.39, 0.29) is 18.4 Å². The summed E-state index contributed by atoms with van der Waals surface area (Å²) in [4.78, 5) is 28.0. The van der Waals surface area contributed by atoms with Gasteiger partial charge in [0.2, 0.25) is 5.91 Å². The maximum Gasteiger partial charge on any atom is 0.260 e. The summed E-state index contributed by atoms with van der Waals surface area (Å²) >= 11 is 5.87. The van der Waals surface area contributed by atoms with Gasteiger partial charge >= 0.3 is 0 Å². The molecule has 1 heterocycles. The first-order valence-electron chi connectivity index (χ1n) is 6.51. The lowest BCUT2D eigenvalue weighted by molar-refractivity contribution is -0.116. The standard InChI is InChI=1S/C16H13ClN2O2/c1-18-14-5-3-2-4-13(14)16(21)19(10-15(18)20)12-8-6-11(17)7-9-12/h2-9H,10H2,1H3. The number of nitrogens with zero attached hydrogens (tertiary/aromatic N) is 2. The molecule has 0 fully saturated rings. The van der Waals surface area contributed by atoms with E-state index in [1.807, 2.05) is 6.07 Å². The molecule has 0 saturated heterocycles. The van der Waals surface area contributed by atoms with E-state index < -0.39 is 0 Å². The van der Waals surface area contributed by atoms with Crippen molar-refractivity contribution in [3.05, 3.63) is 59.1 Å². The van der Waals surface area contributed by atoms with Crippen molar-refractivity contribution in [2.24, 2.45) is 0 Å². The Kier molecular flexibility index (Phi) is 3.39. The van der Waals surface area contributed by atoms with Crippen LogP contribution in [0.25, 0.3) is 0 Å². The number of hydrogen-bond acceptors (Lipinski definition) is 2. The molecule has 2 amide bonds. The third-order valence-corrected chi connectivity index (χ3v) is 3.80. The van der Waals surface area contributed by atoms with Gasteiger partial charge in [-0.2, -0.15) is 0 Å². The van der Waals surface area contributed by atoms with E-state index in [1.54, 1.807) is 49.5 Å². The monoisotopic (exact) mass is 300 g/mol. The summed E-state index contributed by atoms with van der Waals surface area (Å²) in [5.41, 5.74) is 1.80. The van der Waals surface area contributed by atoms with E-state index in [0.717, 1.165) is 0 Å². The molecule has 0 aromatic heterocycles. The summed E-state index contributed by atoms with van der Waals surface area (Å²) in [7, 11) is 1.68. The smallest absolute Gasteiger partial charge is 0.260 e. The molecule has 2 aromatic rings. The lowest BCUT2D eigenvalue weighted by atomic mass is 10.1. The molecule has 0 N–H and O–H groups in total. The van der Waals surface area contributed by atoms with Crippen molar-refractivity contribution in [3.63, 3.8) is 0 Å². The maximum absolute atomic E-state index is 12.7. The SMILES string of the molecule is CN1C(=O)CN(c2ccc(Cl)cc2)C(=O)c2ccccc21. The Morgan fingerprint density at radius 3 is 2.38 bits per heavy atom. The largest absolute Gasteiger partial charge is 0.313 e. The number of hydrogen-bond donors (Lipinski definition) is 0. The van der Waals surface area contributed by atoms with Gasteiger partial charge in [-0.1, -0.05) is 23.7 Å². The molecule has 0 spiro atoms. The van der Waals surface area contributed by atoms with Gasteiger partial charge in [0.1, 0.15) is 6.54 Å². The fourth-order valence-electron chi connectivity index (χ4n) is 2.37. The Balaban J connectivity index is 2.10. The molecule has 0 saturated carbocycles. The van der Waals surface area contributed by atoms with Gasteiger partial charge in [-0.3, -0.25) is 14.5 Å². The summed E-state index contributed by atoms with van der Waals surface area (Å²) in [5.74, 6) is -0.325. The minimum absolute atomic E-state index is 0.00560. The zero-order chi connectivity index (χ0) is 15.0. The van der Waals surface area contributed by atoms with Crippen LogP contribution >= 0.6 is 11.6 Å². The second-order valence-corrected chi connectivity index (χ2v) is 5.27. The molecule has 21 heavy (non-hydrogen) atoms. The molecule has 3 rings (SSSR count). The van der Waals surface area contributed by atoms with Crippen molar-refractivity contribution in [2.75, 3.05) is 23.4 Å². The molecule has 0 aliphatic carbocycles. The number of likely N-dealkylation sites (N-methyl/N-ethyl adjacent to an activating group) is 1. The highest BCUT2D eigenvalue weighted by Crippen LogP contribution is 2.28. The quantitative estimate of drug-likeness (QED) is 0.812. The fourth-order valence-corrected chi connectivity index (χ4v) is 2.50. The van der Waals surface area contributed by atoms with Crippen LogP contribution in [0.3, 0.4) is 0 Å². The Hall–Kier alpha value is -2.33. The van der Waals surface area contributed by atoms with Crippen LogP contribution in [0.5, 0.6) is 0 Å². The zero-order valence-electron chi connectivity index (χ0n) is 11.4. The number of amides is 2. The minimum Gasteiger partial charge on any atom is -0.313 e. The number of benzene rings is 2. The number of halogens is 1. The van der Waals surface area contributed by atoms with Gasteiger partial charge < -0.3 is 4.90 Å². The van der Waals surface area contributed by atoms with Gasteiger partial charge in [-0.25, -0.2) is 0 Å². The van der Waals surface area contributed by atoms with Crippen LogP contribution in [0.2, 0.25) is 5.02 Å². The normalized spacial score (nSPS) is 15.0. The first kappa shape index (κ1) is 13.6. The third kappa shape index (κ3) is 2.38. The van der Waals surface area contributed by atoms with Gasteiger partial charge in [-0.15, -0.1) is 0 Å². The highest BCUT2D eigenvalue weighted by atomic mass is 35.5. The molecule has 2 aromatic carbocycles. The van der Waals surface area contributed by atoms with Crippen LogP contribution in [0, 0.1) is 0 Å². The van der Waals surface area contributed by atoms with Crippen molar-refractivity contribution in [1.82, 2.24) is 0 Å².